The molecule has 3 saturated heterocycles. The molecule has 3 heterocycles. The first-order chi connectivity index (χ1) is 16.8. The molecular formula is C27H38BrN3O4S. The molecule has 2 bridgehead atoms. The van der Waals surface area contributed by atoms with Gasteiger partial charge in [0.1, 0.15) is 6.04 Å². The molecular weight excluding hydrogens is 542 g/mol. The third kappa shape index (κ3) is 5.07. The number of β-amino-alcohol motifs (C(OH)–C–C–N with tert-alkyl or cyclic N) is 1. The number of hydrogen-bond acceptors (Lipinski definition) is 5. The number of carbonyl (C=O) groups excluding carboxylic acids is 3. The maximum Gasteiger partial charge on any atom is 0.244 e. The minimum absolute atomic E-state index is 0.0112. The number of fused-ring (bicyclic) bond motifs is 1. The molecule has 7 nitrogen and oxygen atoms in total. The standard InChI is InChI=1S/C27H38BrN3O4S/c1-25(2,3)15-26(4,5)30-23(34)21-27-13-17(28)20(36-27)18(19(27)24(35)31(21)11-12-32)22(33)29-14-16-9-7-6-8-10-16/h6-10,17-21,32H,11-15H2,1-5H3,(H,29,33)(H,30,34)/t17?,18-,19+,20-,21?,27?/m1/s1. The molecule has 0 aromatic heterocycles. The van der Waals surface area contributed by atoms with Crippen molar-refractivity contribution in [1.82, 2.24) is 15.5 Å². The summed E-state index contributed by atoms with van der Waals surface area (Å²) in [6, 6.07) is 8.95. The number of nitrogens with one attached hydrogen (secondary N) is 2. The molecule has 4 rings (SSSR count). The van der Waals surface area contributed by atoms with Gasteiger partial charge in [0.2, 0.25) is 17.7 Å². The number of hydrogen-bond donors (Lipinski definition) is 3. The largest absolute Gasteiger partial charge is 0.395 e. The fraction of sp³-hybridized carbons (Fsp3) is 0.667. The third-order valence-electron chi connectivity index (χ3n) is 7.42. The van der Waals surface area contributed by atoms with Crippen molar-refractivity contribution in [3.8, 4) is 0 Å². The molecule has 3 aliphatic heterocycles. The molecule has 3 fully saturated rings. The Bertz CT molecular complexity index is 1010. The molecule has 9 heteroatoms. The number of carbonyl (C=O) groups is 3. The lowest BCUT2D eigenvalue weighted by Crippen LogP contribution is -2.59. The lowest BCUT2D eigenvalue weighted by molar-refractivity contribution is -0.140. The maximum atomic E-state index is 13.9. The van der Waals surface area contributed by atoms with Crippen LogP contribution in [-0.2, 0) is 20.9 Å². The van der Waals surface area contributed by atoms with Gasteiger partial charge in [0.15, 0.2) is 0 Å². The molecule has 198 valence electrons. The van der Waals surface area contributed by atoms with Crippen LogP contribution >= 0.6 is 27.7 Å². The second-order valence-corrected chi connectivity index (χ2v) is 14.9. The first-order valence-corrected chi connectivity index (χ1v) is 14.5. The second-order valence-electron chi connectivity index (χ2n) is 12.2. The van der Waals surface area contributed by atoms with Crippen LogP contribution in [0.4, 0.5) is 0 Å². The van der Waals surface area contributed by atoms with E-state index in [1.165, 1.54) is 4.90 Å². The molecule has 0 radical (unpaired) electrons. The van der Waals surface area contributed by atoms with Gasteiger partial charge in [-0.25, -0.2) is 0 Å². The number of rotatable bonds is 8. The van der Waals surface area contributed by atoms with Gasteiger partial charge >= 0.3 is 0 Å². The second kappa shape index (κ2) is 9.95. The van der Waals surface area contributed by atoms with Crippen molar-refractivity contribution < 1.29 is 19.5 Å². The number of aliphatic hydroxyl groups excluding tert-OH is 1. The Morgan fingerprint density at radius 2 is 1.83 bits per heavy atom. The van der Waals surface area contributed by atoms with Crippen molar-refractivity contribution in [2.45, 2.75) is 80.4 Å². The summed E-state index contributed by atoms with van der Waals surface area (Å²) in [5, 5.41) is 15.9. The molecule has 1 aromatic carbocycles. The van der Waals surface area contributed by atoms with E-state index in [1.54, 1.807) is 11.8 Å². The molecule has 3 amide bonds. The summed E-state index contributed by atoms with van der Waals surface area (Å²) in [4.78, 5) is 42.7. The van der Waals surface area contributed by atoms with E-state index in [-0.39, 0.29) is 46.4 Å². The van der Waals surface area contributed by atoms with Crippen molar-refractivity contribution in [2.75, 3.05) is 13.2 Å². The predicted octanol–water partition coefficient (Wildman–Crippen LogP) is 3.09. The Kier molecular flexibility index (Phi) is 7.59. The number of aliphatic hydroxyl groups is 1. The van der Waals surface area contributed by atoms with Crippen LogP contribution in [0.1, 0.15) is 53.0 Å². The van der Waals surface area contributed by atoms with E-state index in [4.69, 9.17) is 0 Å². The van der Waals surface area contributed by atoms with Crippen LogP contribution < -0.4 is 10.6 Å². The fourth-order valence-electron chi connectivity index (χ4n) is 6.75. The molecule has 3 N–H and O–H groups in total. The Morgan fingerprint density at radius 3 is 2.44 bits per heavy atom. The monoisotopic (exact) mass is 579 g/mol. The Labute approximate surface area is 226 Å². The van der Waals surface area contributed by atoms with E-state index < -0.39 is 28.2 Å². The van der Waals surface area contributed by atoms with Crippen molar-refractivity contribution in [3.05, 3.63) is 35.9 Å². The van der Waals surface area contributed by atoms with Crippen LogP contribution in [0.3, 0.4) is 0 Å². The molecule has 36 heavy (non-hydrogen) atoms. The van der Waals surface area contributed by atoms with E-state index in [0.717, 1.165) is 12.0 Å². The van der Waals surface area contributed by atoms with Crippen LogP contribution in [0.2, 0.25) is 0 Å². The van der Waals surface area contributed by atoms with Crippen LogP contribution in [0.5, 0.6) is 0 Å². The quantitative estimate of drug-likeness (QED) is 0.411. The highest BCUT2D eigenvalue weighted by Crippen LogP contribution is 2.67. The van der Waals surface area contributed by atoms with Gasteiger partial charge in [-0.2, -0.15) is 0 Å². The number of nitrogens with zero attached hydrogens (tertiary/aromatic N) is 1. The molecule has 1 aromatic rings. The van der Waals surface area contributed by atoms with Crippen molar-refractivity contribution in [1.29, 1.82) is 0 Å². The zero-order valence-electron chi connectivity index (χ0n) is 21.7. The van der Waals surface area contributed by atoms with Crippen LogP contribution in [0.25, 0.3) is 0 Å². The summed E-state index contributed by atoms with van der Waals surface area (Å²) in [6.07, 6.45) is 1.39. The van der Waals surface area contributed by atoms with E-state index >= 15 is 0 Å². The molecule has 6 atom stereocenters. The lowest BCUT2D eigenvalue weighted by Gasteiger charge is -2.39. The molecule has 3 aliphatic rings. The maximum absolute atomic E-state index is 13.9. The van der Waals surface area contributed by atoms with Crippen molar-refractivity contribution >= 4 is 45.4 Å². The Hall–Kier alpha value is -1.58. The average molecular weight is 581 g/mol. The average Bonchev–Trinajstić information content (AvgIpc) is 3.35. The van der Waals surface area contributed by atoms with Crippen LogP contribution in [-0.4, -0.2) is 67.3 Å². The van der Waals surface area contributed by atoms with Gasteiger partial charge in [-0.05, 0) is 37.7 Å². The highest BCUT2D eigenvalue weighted by atomic mass is 79.9. The lowest BCUT2D eigenvalue weighted by atomic mass is 9.70. The topological polar surface area (TPSA) is 98.7 Å². The highest BCUT2D eigenvalue weighted by Gasteiger charge is 2.75. The molecule has 0 aliphatic carbocycles. The molecule has 3 unspecified atom stereocenters. The van der Waals surface area contributed by atoms with E-state index in [2.05, 4.69) is 47.3 Å². The van der Waals surface area contributed by atoms with Gasteiger partial charge in [-0.1, -0.05) is 67.0 Å². The highest BCUT2D eigenvalue weighted by molar-refractivity contribution is 9.09. The summed E-state index contributed by atoms with van der Waals surface area (Å²) in [5.74, 6) is -1.69. The summed E-state index contributed by atoms with van der Waals surface area (Å²) in [5.41, 5.74) is 0.529. The Morgan fingerprint density at radius 1 is 1.17 bits per heavy atom. The van der Waals surface area contributed by atoms with E-state index in [1.807, 2.05) is 44.2 Å². The number of amides is 3. The van der Waals surface area contributed by atoms with Gasteiger partial charge in [-0.15, -0.1) is 11.8 Å². The number of benzene rings is 1. The van der Waals surface area contributed by atoms with Gasteiger partial charge < -0.3 is 20.6 Å². The third-order valence-corrected chi connectivity index (χ3v) is 10.6. The first-order valence-electron chi connectivity index (χ1n) is 12.7. The van der Waals surface area contributed by atoms with Gasteiger partial charge in [-0.3, -0.25) is 14.4 Å². The van der Waals surface area contributed by atoms with E-state index in [0.29, 0.717) is 13.0 Å². The fourth-order valence-corrected chi connectivity index (χ4v) is 10.4. The smallest absolute Gasteiger partial charge is 0.244 e. The minimum Gasteiger partial charge on any atom is -0.395 e. The number of alkyl halides is 1. The SMILES string of the molecule is CC(C)(C)CC(C)(C)NC(=O)C1N(CCO)C(=O)[C@@H]2[C@@H](C(=O)NCc3ccccc3)[C@@H]3SC12CC3Br. The summed E-state index contributed by atoms with van der Waals surface area (Å²) >= 11 is 5.39. The zero-order valence-corrected chi connectivity index (χ0v) is 24.1. The summed E-state index contributed by atoms with van der Waals surface area (Å²) < 4.78 is -0.707. The predicted molar refractivity (Wildman–Crippen MR) is 146 cm³/mol. The summed E-state index contributed by atoms with van der Waals surface area (Å²) in [6.45, 7) is 10.6. The molecule has 0 saturated carbocycles. The zero-order chi connectivity index (χ0) is 26.5. The van der Waals surface area contributed by atoms with Crippen molar-refractivity contribution in [2.24, 2.45) is 17.3 Å². The van der Waals surface area contributed by atoms with E-state index in [9.17, 15) is 19.5 Å². The first kappa shape index (κ1) is 27.5. The minimum atomic E-state index is -0.733. The van der Waals surface area contributed by atoms with Gasteiger partial charge in [0.05, 0.1) is 23.2 Å². The number of halogens is 1. The number of thioether (sulfide) groups is 1. The van der Waals surface area contributed by atoms with Gasteiger partial charge in [0, 0.05) is 28.7 Å². The summed E-state index contributed by atoms with van der Waals surface area (Å²) in [7, 11) is 0. The Balaban J connectivity index is 1.61. The molecule has 1 spiro atoms. The van der Waals surface area contributed by atoms with Gasteiger partial charge in [0.25, 0.3) is 0 Å². The van der Waals surface area contributed by atoms with Crippen molar-refractivity contribution in [3.63, 3.8) is 0 Å². The number of likely N-dealkylation sites (tertiary alicyclic amines) is 1. The van der Waals surface area contributed by atoms with Crippen LogP contribution in [0, 0.1) is 17.3 Å². The van der Waals surface area contributed by atoms with Crippen LogP contribution in [0.15, 0.2) is 30.3 Å². The normalized spacial score (nSPS) is 31.5.